The number of nitrogens with one attached hydrogen (secondary N) is 2. The van der Waals surface area contributed by atoms with Crippen molar-refractivity contribution in [1.29, 1.82) is 0 Å². The average molecular weight is 1710 g/mol. The highest BCUT2D eigenvalue weighted by molar-refractivity contribution is 7.86. The van der Waals surface area contributed by atoms with Gasteiger partial charge in [-0.3, -0.25) is 19.1 Å². The van der Waals surface area contributed by atoms with Crippen LogP contribution in [0.4, 0.5) is 22.8 Å². The molecule has 0 spiro atoms. The first-order chi connectivity index (χ1) is 57.2. The summed E-state index contributed by atoms with van der Waals surface area (Å²) in [6.07, 6.45) is 17.3. The van der Waals surface area contributed by atoms with Gasteiger partial charge in [-0.15, -0.1) is 0 Å². The van der Waals surface area contributed by atoms with E-state index in [1.165, 1.54) is 13.2 Å². The van der Waals surface area contributed by atoms with E-state index in [1.54, 1.807) is 138 Å². The summed E-state index contributed by atoms with van der Waals surface area (Å²) >= 11 is 0. The van der Waals surface area contributed by atoms with Gasteiger partial charge < -0.3 is 78.3 Å². The Kier molecular flexibility index (Phi) is 29.6. The summed E-state index contributed by atoms with van der Waals surface area (Å²) in [6.45, 7) is 6.83. The van der Waals surface area contributed by atoms with E-state index in [0.717, 1.165) is 107 Å². The predicted molar refractivity (Wildman–Crippen MR) is 469 cm³/mol. The van der Waals surface area contributed by atoms with Gasteiger partial charge in [-0.2, -0.15) is 8.42 Å². The molecular weight excluding hydrogens is 1600 g/mol. The van der Waals surface area contributed by atoms with Crippen molar-refractivity contribution < 1.29 is 97.3 Å². The van der Waals surface area contributed by atoms with E-state index in [9.17, 15) is 27.5 Å². The highest BCUT2D eigenvalue weighted by Crippen LogP contribution is 2.46. The summed E-state index contributed by atoms with van der Waals surface area (Å²) < 4.78 is 139. The number of aromatic hydroxyl groups is 1. The third kappa shape index (κ3) is 22.5. The zero-order valence-electron chi connectivity index (χ0n) is 67.0. The number of phenols is 1. The molecular formula is C95H105F3N6O18S. The summed E-state index contributed by atoms with van der Waals surface area (Å²) in [7, 11) is 4.24. The molecule has 123 heavy (non-hydrogen) atoms. The number of methoxy groups -OCH3 is 5. The smallest absolute Gasteiger partial charge is 0.408 e. The van der Waals surface area contributed by atoms with Crippen LogP contribution in [-0.2, 0) is 56.3 Å². The predicted octanol–water partition coefficient (Wildman–Crippen LogP) is 20.8. The van der Waals surface area contributed by atoms with Gasteiger partial charge in [-0.1, -0.05) is 107 Å². The van der Waals surface area contributed by atoms with Crippen molar-refractivity contribution in [1.82, 2.24) is 25.6 Å². The Labute approximate surface area is 715 Å². The van der Waals surface area contributed by atoms with Crippen molar-refractivity contribution in [3.63, 3.8) is 0 Å². The minimum atomic E-state index is -3.52. The quantitative estimate of drug-likeness (QED) is 0.0366. The van der Waals surface area contributed by atoms with E-state index in [4.69, 9.17) is 66.8 Å². The van der Waals surface area contributed by atoms with Crippen LogP contribution in [0.5, 0.6) is 80.5 Å². The first-order valence-corrected chi connectivity index (χ1v) is 40.2. The number of nitrogens with zero attached hydrogens (tertiary/aromatic N) is 3. The van der Waals surface area contributed by atoms with Crippen LogP contribution >= 0.6 is 0 Å². The average Bonchev–Trinajstić information content (AvgIpc) is 1.67. The Bertz CT molecular complexity index is 5920. The third-order valence-electron chi connectivity index (χ3n) is 20.9. The van der Waals surface area contributed by atoms with Crippen molar-refractivity contribution >= 4 is 73.2 Å². The van der Waals surface area contributed by atoms with Crippen LogP contribution in [0.15, 0.2) is 175 Å². The maximum atomic E-state index is 15.2. The number of aromatic nitrogens is 3. The SMILES string of the molecule is C.C.C.C.COc1cc2c(Oc3ccc4c(c3F)C=C(C)C4)ccnc2cc1O.COc1cc2c(Oc3ccc4c(c3F)C=C(C)C4)ccnc2cc1OCC1(N)CC1.COc1ccc(COC(=O)NC2(COS(C)(=O)=O)CC2)cc1.COc1ccc(COC(=O)NC2(COc3cc4nccc(Oc5ccc6c(c5F)C=C(C)C6)c4cc3OC)CC2)cc1. The molecule has 0 atom stereocenters. The second kappa shape index (κ2) is 39.4. The maximum Gasteiger partial charge on any atom is 0.408 e. The van der Waals surface area contributed by atoms with Gasteiger partial charge in [-0.25, -0.2) is 22.8 Å². The number of pyridine rings is 3. The molecule has 5 N–H and O–H groups in total. The largest absolute Gasteiger partial charge is 0.504 e. The summed E-state index contributed by atoms with van der Waals surface area (Å²) in [5, 5.41) is 17.5. The molecule has 17 rings (SSSR count). The molecule has 6 aliphatic rings. The Morgan fingerprint density at radius 3 is 1.12 bits per heavy atom. The molecule has 0 unspecified atom stereocenters. The molecule has 3 aromatic heterocycles. The number of benzene rings is 8. The van der Waals surface area contributed by atoms with E-state index in [-0.39, 0.29) is 102 Å². The van der Waals surface area contributed by atoms with Crippen molar-refractivity contribution in [3.8, 4) is 80.5 Å². The molecule has 0 aliphatic heterocycles. The van der Waals surface area contributed by atoms with Crippen molar-refractivity contribution in [2.24, 2.45) is 5.73 Å². The molecule has 11 aromatic rings. The fourth-order valence-electron chi connectivity index (χ4n) is 13.6. The van der Waals surface area contributed by atoms with Crippen LogP contribution in [0.1, 0.15) is 134 Å². The van der Waals surface area contributed by atoms with Gasteiger partial charge in [0, 0.05) is 69.6 Å². The Morgan fingerprint density at radius 1 is 0.431 bits per heavy atom. The number of hydrogen-bond donors (Lipinski definition) is 4. The molecule has 0 radical (unpaired) electrons. The molecule has 3 saturated carbocycles. The lowest BCUT2D eigenvalue weighted by atomic mass is 10.1. The molecule has 24 nitrogen and oxygen atoms in total. The molecule has 0 saturated heterocycles. The number of hydrogen-bond acceptors (Lipinski definition) is 22. The van der Waals surface area contributed by atoms with Crippen molar-refractivity contribution in [2.45, 2.75) is 138 Å². The number of carbonyl (C=O) groups excluding carboxylic acids is 2. The Balaban J connectivity index is 0.000000175. The number of amides is 2. The lowest BCUT2D eigenvalue weighted by Gasteiger charge is -2.20. The summed E-state index contributed by atoms with van der Waals surface area (Å²) in [5.74, 6) is 4.60. The van der Waals surface area contributed by atoms with E-state index in [2.05, 4.69) is 25.6 Å². The topological polar surface area (TPSA) is 297 Å². The number of ether oxygens (including phenoxy) is 12. The van der Waals surface area contributed by atoms with E-state index >= 15 is 8.78 Å². The molecule has 28 heteroatoms. The van der Waals surface area contributed by atoms with Gasteiger partial charge >= 0.3 is 12.2 Å². The van der Waals surface area contributed by atoms with Crippen LogP contribution in [-0.4, -0.2) is 119 Å². The van der Waals surface area contributed by atoms with E-state index < -0.39 is 33.4 Å². The van der Waals surface area contributed by atoms with Gasteiger partial charge in [-0.05, 0) is 185 Å². The van der Waals surface area contributed by atoms with Crippen molar-refractivity contribution in [2.75, 3.05) is 61.6 Å². The number of halogens is 3. The lowest BCUT2D eigenvalue weighted by Crippen LogP contribution is -2.41. The first-order valence-electron chi connectivity index (χ1n) is 38.3. The Morgan fingerprint density at radius 2 is 0.780 bits per heavy atom. The zero-order chi connectivity index (χ0) is 83.9. The maximum absolute atomic E-state index is 15.2. The van der Waals surface area contributed by atoms with Gasteiger partial charge in [0.1, 0.15) is 55.2 Å². The highest BCUT2D eigenvalue weighted by Gasteiger charge is 2.47. The molecule has 0 bridgehead atoms. The second-order valence-electron chi connectivity index (χ2n) is 30.2. The van der Waals surface area contributed by atoms with Gasteiger partial charge in [0.15, 0.2) is 69.2 Å². The van der Waals surface area contributed by atoms with Gasteiger partial charge in [0.05, 0.1) is 81.6 Å². The van der Waals surface area contributed by atoms with Crippen LogP contribution in [0.2, 0.25) is 0 Å². The molecule has 3 heterocycles. The number of phenolic OH excluding ortho intramolecular Hbond substituents is 1. The summed E-state index contributed by atoms with van der Waals surface area (Å²) in [4.78, 5) is 37.4. The molecule has 650 valence electrons. The standard InChI is InChI=1S/C33H31FN2O6.C24H23FN2O3.C20H16FNO3.C14H19NO6S.4CH4/c1-20-14-22-6-9-28(31(34)24(22)15-20)42-27-10-13-35-26-17-30(29(39-3)16-25(26)27)41-19-33(11-12-33)36-32(37)40-18-21-4-7-23(38-2)8-5-21;1-14-9-15-3-4-20(23(25)16(15)10-14)30-19-5-8-27-18-12-22(21(28-2)11-17(18)19)29-13-24(26)6-7-24;1-11-7-12-3-4-18(20(21)13(12)8-11)25-17-5-6-22-15-10-16(23)19(24-2)9-14(15)17;1-19-12-5-3-11(4-6-12)9-20-13(16)15-14(7-8-14)10-21-22(2,17)18;;;;/h4-10,13,15-17H,11-12,14,18-19H2,1-3H3,(H,36,37);3-5,8,10-12H,6-7,9,13,26H2,1-2H3;3-6,8-10,23H,7H2,1-2H3;3-6H,7-10H2,1-2H3,(H,15,16);4*1H4. The number of nitrogens with two attached hydrogens (primary N) is 1. The van der Waals surface area contributed by atoms with E-state index in [1.807, 2.05) is 81.5 Å². The second-order valence-corrected chi connectivity index (χ2v) is 31.9. The number of alkyl carbamates (subject to hydrolysis) is 2. The number of rotatable bonds is 26. The molecule has 8 aromatic carbocycles. The number of allylic oxidation sites excluding steroid dienone is 3. The molecule has 2 amide bonds. The lowest BCUT2D eigenvalue weighted by molar-refractivity contribution is 0.128. The molecule has 6 aliphatic carbocycles. The van der Waals surface area contributed by atoms with Crippen LogP contribution < -0.4 is 63.7 Å². The monoisotopic (exact) mass is 1710 g/mol. The number of fused-ring (bicyclic) bond motifs is 6. The Hall–Kier alpha value is -12.8. The minimum Gasteiger partial charge on any atom is -0.504 e. The van der Waals surface area contributed by atoms with Crippen LogP contribution in [0.25, 0.3) is 50.9 Å². The van der Waals surface area contributed by atoms with Crippen molar-refractivity contribution in [3.05, 3.63) is 237 Å². The fourth-order valence-corrected chi connectivity index (χ4v) is 14.1. The number of carbonyl (C=O) groups is 2. The normalized spacial score (nSPS) is 14.4. The zero-order valence-corrected chi connectivity index (χ0v) is 67.8. The minimum absolute atomic E-state index is 0. The molecule has 3 fully saturated rings. The van der Waals surface area contributed by atoms with E-state index in [0.29, 0.717) is 115 Å². The summed E-state index contributed by atoms with van der Waals surface area (Å²) in [6, 6.07) is 40.5. The third-order valence-corrected chi connectivity index (χ3v) is 21.4. The van der Waals surface area contributed by atoms with Crippen LogP contribution in [0.3, 0.4) is 0 Å². The fraction of sp³-hybridized carbons (Fsp3) is 0.316. The summed E-state index contributed by atoms with van der Waals surface area (Å²) in [5.41, 5.74) is 16.3. The highest BCUT2D eigenvalue weighted by atomic mass is 32.2. The van der Waals surface area contributed by atoms with Gasteiger partial charge in [0.2, 0.25) is 0 Å². The first kappa shape index (κ1) is 92.5. The van der Waals surface area contributed by atoms with Gasteiger partial charge in [0.25, 0.3) is 10.1 Å². The van der Waals surface area contributed by atoms with Crippen LogP contribution in [0, 0.1) is 17.5 Å².